The lowest BCUT2D eigenvalue weighted by molar-refractivity contribution is 0.290. The van der Waals surface area contributed by atoms with Gasteiger partial charge in [-0.15, -0.1) is 0 Å². The van der Waals surface area contributed by atoms with Gasteiger partial charge in [0.05, 0.1) is 11.2 Å². The van der Waals surface area contributed by atoms with E-state index in [1.165, 1.54) is 17.7 Å². The first-order chi connectivity index (χ1) is 11.0. The molecule has 1 aliphatic rings. The monoisotopic (exact) mass is 311 g/mol. The first-order valence-electron chi connectivity index (χ1n) is 8.10. The van der Waals surface area contributed by atoms with Gasteiger partial charge in [0.15, 0.2) is 0 Å². The lowest BCUT2D eigenvalue weighted by Gasteiger charge is -2.33. The number of halogens is 2. The third-order valence-corrected chi connectivity index (χ3v) is 4.96. The molecule has 1 fully saturated rings. The number of rotatable bonds is 2. The van der Waals surface area contributed by atoms with Gasteiger partial charge in [0, 0.05) is 5.39 Å². The van der Waals surface area contributed by atoms with Gasteiger partial charge in [-0.1, -0.05) is 6.92 Å². The average molecular weight is 311 g/mol. The van der Waals surface area contributed by atoms with Crippen LogP contribution >= 0.6 is 0 Å². The van der Waals surface area contributed by atoms with Crippen molar-refractivity contribution in [2.75, 3.05) is 0 Å². The Hall–Kier alpha value is -2.16. The highest BCUT2D eigenvalue weighted by Gasteiger charge is 2.32. The van der Waals surface area contributed by atoms with Crippen LogP contribution in [0.4, 0.5) is 8.78 Å². The van der Waals surface area contributed by atoms with Crippen LogP contribution in [0.3, 0.4) is 0 Å². The minimum atomic E-state index is -0.259. The molecule has 1 heterocycles. The van der Waals surface area contributed by atoms with Crippen LogP contribution in [0.5, 0.6) is 0 Å². The van der Waals surface area contributed by atoms with Crippen LogP contribution in [0.1, 0.15) is 36.8 Å². The SMILES string of the molecule is Cc1cc(F)c2[nH]c(-c3ccc(F)cc3)c(C3CC(C)C3)c2c1. The molecule has 4 rings (SSSR count). The maximum atomic E-state index is 14.4. The van der Waals surface area contributed by atoms with E-state index in [4.69, 9.17) is 0 Å². The summed E-state index contributed by atoms with van der Waals surface area (Å²) >= 11 is 0. The predicted molar refractivity (Wildman–Crippen MR) is 89.5 cm³/mol. The molecule has 1 saturated carbocycles. The summed E-state index contributed by atoms with van der Waals surface area (Å²) in [6, 6.07) is 10.0. The van der Waals surface area contributed by atoms with E-state index in [0.29, 0.717) is 17.4 Å². The lowest BCUT2D eigenvalue weighted by Crippen LogP contribution is -2.19. The summed E-state index contributed by atoms with van der Waals surface area (Å²) in [5, 5.41) is 0.971. The molecule has 1 N–H and O–H groups in total. The van der Waals surface area contributed by atoms with Crippen LogP contribution in [0, 0.1) is 24.5 Å². The van der Waals surface area contributed by atoms with Crippen LogP contribution in [0.15, 0.2) is 36.4 Å². The van der Waals surface area contributed by atoms with Gasteiger partial charge in [0.25, 0.3) is 0 Å². The molecule has 0 amide bonds. The number of hydrogen-bond donors (Lipinski definition) is 1. The van der Waals surface area contributed by atoms with Crippen molar-refractivity contribution in [2.24, 2.45) is 5.92 Å². The molecule has 1 aliphatic carbocycles. The fraction of sp³-hybridized carbons (Fsp3) is 0.300. The molecule has 0 bridgehead atoms. The zero-order valence-electron chi connectivity index (χ0n) is 13.3. The minimum absolute atomic E-state index is 0.220. The van der Waals surface area contributed by atoms with E-state index in [1.807, 2.05) is 6.92 Å². The lowest BCUT2D eigenvalue weighted by atomic mass is 9.71. The fourth-order valence-electron chi connectivity index (χ4n) is 3.82. The molecular weight excluding hydrogens is 292 g/mol. The number of aryl methyl sites for hydroxylation is 1. The van der Waals surface area contributed by atoms with Crippen molar-refractivity contribution in [1.29, 1.82) is 0 Å². The topological polar surface area (TPSA) is 15.8 Å². The third-order valence-electron chi connectivity index (χ3n) is 4.96. The van der Waals surface area contributed by atoms with E-state index in [0.717, 1.165) is 35.0 Å². The van der Waals surface area contributed by atoms with E-state index in [2.05, 4.69) is 18.0 Å². The maximum absolute atomic E-state index is 14.4. The van der Waals surface area contributed by atoms with E-state index in [-0.39, 0.29) is 11.6 Å². The number of benzene rings is 2. The van der Waals surface area contributed by atoms with Crippen molar-refractivity contribution in [3.05, 3.63) is 59.2 Å². The van der Waals surface area contributed by atoms with Crippen LogP contribution in [0.25, 0.3) is 22.2 Å². The quantitative estimate of drug-likeness (QED) is 0.603. The van der Waals surface area contributed by atoms with Gasteiger partial charge in [0.1, 0.15) is 11.6 Å². The summed E-state index contributed by atoms with van der Waals surface area (Å²) in [6.45, 7) is 4.16. The molecule has 3 heteroatoms. The molecule has 2 aromatic carbocycles. The summed E-state index contributed by atoms with van der Waals surface area (Å²) in [5.41, 5.74) is 4.51. The van der Waals surface area contributed by atoms with Crippen molar-refractivity contribution in [2.45, 2.75) is 32.6 Å². The summed E-state index contributed by atoms with van der Waals surface area (Å²) in [6.07, 6.45) is 2.24. The predicted octanol–water partition coefficient (Wildman–Crippen LogP) is 5.94. The number of aromatic amines is 1. The smallest absolute Gasteiger partial charge is 0.147 e. The Kier molecular flexibility index (Phi) is 3.26. The number of aromatic nitrogens is 1. The van der Waals surface area contributed by atoms with Gasteiger partial charge in [-0.25, -0.2) is 8.78 Å². The van der Waals surface area contributed by atoms with Crippen LogP contribution in [0.2, 0.25) is 0 Å². The van der Waals surface area contributed by atoms with Gasteiger partial charge in [0.2, 0.25) is 0 Å². The second-order valence-electron chi connectivity index (χ2n) is 6.86. The maximum Gasteiger partial charge on any atom is 0.147 e. The summed E-state index contributed by atoms with van der Waals surface area (Å²) in [7, 11) is 0. The second-order valence-corrected chi connectivity index (χ2v) is 6.86. The summed E-state index contributed by atoms with van der Waals surface area (Å²) < 4.78 is 27.6. The largest absolute Gasteiger partial charge is 0.352 e. The van der Waals surface area contributed by atoms with Gasteiger partial charge in [-0.2, -0.15) is 0 Å². The van der Waals surface area contributed by atoms with Crippen molar-refractivity contribution in [3.8, 4) is 11.3 Å². The number of H-pyrrole nitrogens is 1. The first kappa shape index (κ1) is 14.4. The molecule has 1 nitrogen and oxygen atoms in total. The highest BCUT2D eigenvalue weighted by molar-refractivity contribution is 5.92. The van der Waals surface area contributed by atoms with Crippen molar-refractivity contribution in [1.82, 2.24) is 4.98 Å². The van der Waals surface area contributed by atoms with Crippen LogP contribution in [-0.4, -0.2) is 4.98 Å². The van der Waals surface area contributed by atoms with Crippen molar-refractivity contribution >= 4 is 10.9 Å². The number of nitrogens with one attached hydrogen (secondary N) is 1. The molecular formula is C20H19F2N. The minimum Gasteiger partial charge on any atom is -0.352 e. The zero-order chi connectivity index (χ0) is 16.1. The molecule has 0 radical (unpaired) electrons. The van der Waals surface area contributed by atoms with E-state index < -0.39 is 0 Å². The highest BCUT2D eigenvalue weighted by Crippen LogP contribution is 2.48. The van der Waals surface area contributed by atoms with Crippen molar-refractivity contribution in [3.63, 3.8) is 0 Å². The Balaban J connectivity index is 1.97. The Morgan fingerprint density at radius 2 is 1.74 bits per heavy atom. The third kappa shape index (κ3) is 2.35. The fourth-order valence-corrected chi connectivity index (χ4v) is 3.82. The Labute approximate surface area is 134 Å². The molecule has 3 aromatic rings. The van der Waals surface area contributed by atoms with Gasteiger partial charge in [-0.3, -0.25) is 0 Å². The standard InChI is InChI=1S/C20H19F2N/c1-11-7-14(8-11)18-16-9-12(2)10-17(22)20(16)23-19(18)13-3-5-15(21)6-4-13/h3-6,9-11,14,23H,7-8H2,1-2H3. The molecule has 1 aromatic heterocycles. The van der Waals surface area contributed by atoms with Gasteiger partial charge >= 0.3 is 0 Å². The summed E-state index contributed by atoms with van der Waals surface area (Å²) in [4.78, 5) is 3.26. The molecule has 0 saturated heterocycles. The molecule has 23 heavy (non-hydrogen) atoms. The molecule has 0 aliphatic heterocycles. The molecule has 0 atom stereocenters. The van der Waals surface area contributed by atoms with Crippen LogP contribution < -0.4 is 0 Å². The Bertz CT molecular complexity index is 871. The number of hydrogen-bond acceptors (Lipinski definition) is 0. The normalized spacial score (nSPS) is 20.7. The van der Waals surface area contributed by atoms with Crippen molar-refractivity contribution < 1.29 is 8.78 Å². The molecule has 0 unspecified atom stereocenters. The molecule has 118 valence electrons. The highest BCUT2D eigenvalue weighted by atomic mass is 19.1. The van der Waals surface area contributed by atoms with Crippen LogP contribution in [-0.2, 0) is 0 Å². The average Bonchev–Trinajstić information content (AvgIpc) is 2.84. The summed E-state index contributed by atoms with van der Waals surface area (Å²) in [5.74, 6) is 0.674. The van der Waals surface area contributed by atoms with E-state index in [9.17, 15) is 8.78 Å². The van der Waals surface area contributed by atoms with Gasteiger partial charge < -0.3 is 4.98 Å². The molecule has 0 spiro atoms. The Morgan fingerprint density at radius 1 is 1.04 bits per heavy atom. The zero-order valence-corrected chi connectivity index (χ0v) is 13.3. The number of fused-ring (bicyclic) bond motifs is 1. The van der Waals surface area contributed by atoms with E-state index in [1.54, 1.807) is 18.2 Å². The Morgan fingerprint density at radius 3 is 2.39 bits per heavy atom. The van der Waals surface area contributed by atoms with Gasteiger partial charge in [-0.05, 0) is 84.7 Å². The first-order valence-corrected chi connectivity index (χ1v) is 8.10. The van der Waals surface area contributed by atoms with E-state index >= 15 is 0 Å². The second kappa shape index (κ2) is 5.19.